The third-order valence-corrected chi connectivity index (χ3v) is 14.6. The van der Waals surface area contributed by atoms with Crippen molar-refractivity contribution in [3.8, 4) is 18.2 Å². The fraction of sp³-hybridized carbons (Fsp3) is 0.267. The Morgan fingerprint density at radius 2 is 1.08 bits per heavy atom. The van der Waals surface area contributed by atoms with Gasteiger partial charge in [0, 0.05) is 82.0 Å². The van der Waals surface area contributed by atoms with E-state index in [1.54, 1.807) is 65.2 Å². The molecule has 472 valence electrons. The monoisotopic (exact) mass is 1390 g/mol. The molecule has 2 aliphatic heterocycles. The Balaban J connectivity index is 0.000000295. The number of halogens is 6. The van der Waals surface area contributed by atoms with Crippen LogP contribution in [0.25, 0.3) is 4.85 Å². The molecule has 10 rings (SSSR count). The quantitative estimate of drug-likeness (QED) is 0.0576. The third-order valence-electron chi connectivity index (χ3n) is 13.2. The van der Waals surface area contributed by atoms with Crippen molar-refractivity contribution in [1.29, 1.82) is 15.8 Å². The first-order chi connectivity index (χ1) is 42.1. The van der Waals surface area contributed by atoms with Crippen LogP contribution in [-0.2, 0) is 39.1 Å². The molecule has 4 aromatic heterocycles. The minimum atomic E-state index is -0.597. The maximum absolute atomic E-state index is 12.7. The summed E-state index contributed by atoms with van der Waals surface area (Å²) < 4.78 is 6.07. The molecule has 30 heteroatoms. The number of para-hydroxylation sites is 1. The molecule has 0 amide bonds. The van der Waals surface area contributed by atoms with Crippen molar-refractivity contribution in [1.82, 2.24) is 43.1 Å². The summed E-state index contributed by atoms with van der Waals surface area (Å²) >= 11 is 20.3. The molecule has 0 spiro atoms. The van der Waals surface area contributed by atoms with E-state index in [4.69, 9.17) is 68.6 Å². The summed E-state index contributed by atoms with van der Waals surface area (Å²) in [4.78, 5) is 103. The molecule has 2 saturated heterocycles. The van der Waals surface area contributed by atoms with Gasteiger partial charge in [0.15, 0.2) is 5.69 Å². The van der Waals surface area contributed by atoms with Gasteiger partial charge >= 0.3 is 22.8 Å². The number of nitriles is 3. The number of rotatable bonds is 8. The summed E-state index contributed by atoms with van der Waals surface area (Å²) in [6, 6.07) is 40.1. The number of alkyl halides is 1. The SMILES string of the molecule is Cl.Cl.Cn1c(=O)cc(Cl)n(Cc2ccccc2C#N)c1=O.N#Cc1ccccc1CBr.N#Cc1ccccc1Cn1c(Cl)cc(=O)[nH]c1=O.N[C@@H]1CCCNC1.O=c1cc(Cl)[nH]c(=O)[nH]1.[C-]#[N+]c1ccccc1Cn1c(N2CCC[C@@H](N)C2)cc(=O)n(C)c1=O. The predicted octanol–water partition coefficient (Wildman–Crippen LogP) is 6.01. The molecule has 4 aromatic carbocycles. The van der Waals surface area contributed by atoms with E-state index in [0.29, 0.717) is 46.3 Å². The van der Waals surface area contributed by atoms with Crippen molar-refractivity contribution < 1.29 is 0 Å². The second-order valence-corrected chi connectivity index (χ2v) is 21.2. The first kappa shape index (κ1) is 75.4. The number of aromatic amines is 3. The summed E-state index contributed by atoms with van der Waals surface area (Å²) in [5.41, 5.74) is 13.0. The minimum absolute atomic E-state index is 0. The van der Waals surface area contributed by atoms with Gasteiger partial charge in [-0.1, -0.05) is 130 Å². The van der Waals surface area contributed by atoms with Crippen LogP contribution in [0.15, 0.2) is 160 Å². The minimum Gasteiger partial charge on any atom is -0.356 e. The molecular formula is C60H62BrCl5N16O8. The summed E-state index contributed by atoms with van der Waals surface area (Å²) in [5, 5.41) is 30.6. The van der Waals surface area contributed by atoms with E-state index in [2.05, 4.69) is 48.2 Å². The van der Waals surface area contributed by atoms with Crippen LogP contribution in [0.1, 0.15) is 64.6 Å². The molecular weight excluding hydrogens is 1330 g/mol. The zero-order valence-corrected chi connectivity index (χ0v) is 53.9. The number of nitrogens with one attached hydrogen (secondary N) is 4. The van der Waals surface area contributed by atoms with Gasteiger partial charge in [0.2, 0.25) is 0 Å². The number of nitrogens with zero attached hydrogens (tertiary/aromatic N) is 10. The highest BCUT2D eigenvalue weighted by molar-refractivity contribution is 9.08. The average Bonchev–Trinajstić information content (AvgIpc) is 0.875. The number of aromatic nitrogens is 8. The molecule has 8 N–H and O–H groups in total. The highest BCUT2D eigenvalue weighted by atomic mass is 79.9. The zero-order chi connectivity index (χ0) is 64.5. The van der Waals surface area contributed by atoms with Gasteiger partial charge in [-0.25, -0.2) is 24.0 Å². The maximum Gasteiger partial charge on any atom is 0.332 e. The molecule has 24 nitrogen and oxygen atoms in total. The van der Waals surface area contributed by atoms with Crippen LogP contribution in [0.3, 0.4) is 0 Å². The zero-order valence-electron chi connectivity index (χ0n) is 48.4. The van der Waals surface area contributed by atoms with E-state index in [0.717, 1.165) is 75.8 Å². The highest BCUT2D eigenvalue weighted by Crippen LogP contribution is 2.23. The van der Waals surface area contributed by atoms with Crippen LogP contribution in [0.4, 0.5) is 11.5 Å². The number of anilines is 1. The standard InChI is InChI=1S/C18H21N5O2.C13H10ClN3O2.C12H8ClN3O2.C8H6BrN.C5H12N2.C4H3ClN2O2.2ClH/c1-20-15-8-4-3-6-13(15)11-23-16(10-17(24)21(2)18(23)25)22-9-5-7-14(19)12-22;1-16-12(18)6-11(14)17(13(16)19)8-10-5-3-2-4-9(10)7-15;13-10-5-11(17)15-12(18)16(10)7-9-4-2-1-3-8(9)6-14;9-5-7-3-1-2-4-8(7)6-10;6-5-2-1-3-7-4-5;5-2-1-3(8)7-4(9)6-2;;/h3-4,6,8,10,14H,5,7,9,11-12,19H2,2H3;2-6H,8H2,1H3;1-5H,7H2,(H,15,17,18);1-4H,5H2;5,7H,1-4,6H2;1H,(H2,6,7,8,9);2*1H/t14-;;;;5-;;;/m1...1.../s1. The van der Waals surface area contributed by atoms with Gasteiger partial charge in [0.05, 0.1) is 54.6 Å². The normalized spacial score (nSPS) is 13.4. The Labute approximate surface area is 550 Å². The van der Waals surface area contributed by atoms with E-state index in [9.17, 15) is 38.4 Å². The van der Waals surface area contributed by atoms with Gasteiger partial charge in [-0.15, -0.1) is 24.8 Å². The lowest BCUT2D eigenvalue weighted by molar-refractivity contribution is 0.459. The Kier molecular flexibility index (Phi) is 31.7. The van der Waals surface area contributed by atoms with E-state index >= 15 is 0 Å². The molecule has 2 aliphatic rings. The molecule has 6 heterocycles. The fourth-order valence-corrected chi connectivity index (χ4v) is 9.71. The molecule has 0 saturated carbocycles. The molecule has 0 aliphatic carbocycles. The highest BCUT2D eigenvalue weighted by Gasteiger charge is 2.22. The van der Waals surface area contributed by atoms with E-state index in [-0.39, 0.29) is 77.2 Å². The first-order valence-corrected chi connectivity index (χ1v) is 29.1. The molecule has 0 unspecified atom stereocenters. The van der Waals surface area contributed by atoms with Crippen molar-refractivity contribution in [2.24, 2.45) is 25.6 Å². The Morgan fingerprint density at radius 1 is 0.600 bits per heavy atom. The van der Waals surface area contributed by atoms with Gasteiger partial charge in [0.25, 0.3) is 22.2 Å². The van der Waals surface area contributed by atoms with Gasteiger partial charge in [0.1, 0.15) is 21.3 Å². The van der Waals surface area contributed by atoms with Crippen LogP contribution >= 0.6 is 75.5 Å². The predicted molar refractivity (Wildman–Crippen MR) is 356 cm³/mol. The number of benzene rings is 4. The van der Waals surface area contributed by atoms with Crippen LogP contribution in [-0.4, -0.2) is 76.1 Å². The largest absolute Gasteiger partial charge is 0.356 e. The number of hydrogen-bond donors (Lipinski definition) is 6. The lowest BCUT2D eigenvalue weighted by Gasteiger charge is -2.34. The molecule has 8 aromatic rings. The van der Waals surface area contributed by atoms with Crippen molar-refractivity contribution in [2.75, 3.05) is 31.1 Å². The lowest BCUT2D eigenvalue weighted by atomic mass is 10.1. The van der Waals surface area contributed by atoms with Crippen LogP contribution in [0, 0.1) is 40.6 Å². The third kappa shape index (κ3) is 22.3. The molecule has 2 fully saturated rings. The van der Waals surface area contributed by atoms with Crippen LogP contribution in [0.2, 0.25) is 15.5 Å². The smallest absolute Gasteiger partial charge is 0.332 e. The van der Waals surface area contributed by atoms with Gasteiger partial charge in [-0.2, -0.15) is 15.8 Å². The van der Waals surface area contributed by atoms with Crippen molar-refractivity contribution >= 4 is 87.1 Å². The topological polar surface area (TPSA) is 352 Å². The summed E-state index contributed by atoms with van der Waals surface area (Å²) in [7, 11) is 2.85. The number of H-pyrrole nitrogens is 3. The van der Waals surface area contributed by atoms with Crippen LogP contribution in [0.5, 0.6) is 0 Å². The Bertz CT molecular complexity index is 4380. The Morgan fingerprint density at radius 3 is 1.56 bits per heavy atom. The van der Waals surface area contributed by atoms with E-state index < -0.39 is 33.7 Å². The molecule has 0 radical (unpaired) electrons. The van der Waals surface area contributed by atoms with Gasteiger partial charge in [-0.3, -0.25) is 57.0 Å². The average molecular weight is 1390 g/mol. The second kappa shape index (κ2) is 37.9. The molecule has 0 bridgehead atoms. The number of piperidine rings is 2. The second-order valence-electron chi connectivity index (χ2n) is 19.4. The Hall–Kier alpha value is -8.83. The van der Waals surface area contributed by atoms with Crippen molar-refractivity contribution in [3.63, 3.8) is 0 Å². The number of nitrogens with two attached hydrogens (primary N) is 2. The van der Waals surface area contributed by atoms with E-state index in [1.165, 1.54) is 48.2 Å². The van der Waals surface area contributed by atoms with Gasteiger partial charge < -0.3 is 21.7 Å². The fourth-order valence-electron chi connectivity index (χ4n) is 8.58. The van der Waals surface area contributed by atoms with Crippen LogP contribution < -0.4 is 66.7 Å². The maximum atomic E-state index is 12.7. The summed E-state index contributed by atoms with van der Waals surface area (Å²) in [6.45, 7) is 11.4. The van der Waals surface area contributed by atoms with Gasteiger partial charge in [-0.05, 0) is 72.7 Å². The molecule has 90 heavy (non-hydrogen) atoms. The number of hydrogen-bond acceptors (Lipinski definition) is 15. The van der Waals surface area contributed by atoms with E-state index in [1.807, 2.05) is 52.4 Å². The van der Waals surface area contributed by atoms with Crippen molar-refractivity contribution in [3.05, 3.63) is 271 Å². The summed E-state index contributed by atoms with van der Waals surface area (Å²) in [6.07, 6.45) is 4.31. The lowest BCUT2D eigenvalue weighted by Crippen LogP contribution is -2.47. The summed E-state index contributed by atoms with van der Waals surface area (Å²) in [5.74, 6) is 0.572. The first-order valence-electron chi connectivity index (χ1n) is 26.8. The van der Waals surface area contributed by atoms with Crippen molar-refractivity contribution in [2.45, 2.75) is 62.7 Å². The molecule has 2 atom stereocenters.